The number of halogens is 2. The van der Waals surface area contributed by atoms with E-state index < -0.39 is 18.3 Å². The summed E-state index contributed by atoms with van der Waals surface area (Å²) in [5.41, 5.74) is 3.16. The van der Waals surface area contributed by atoms with Gasteiger partial charge in [-0.25, -0.2) is 0 Å². The molecule has 8 heteroatoms. The molecule has 6 rings (SSSR count). The third-order valence-electron chi connectivity index (χ3n) is 6.90. The summed E-state index contributed by atoms with van der Waals surface area (Å²) in [5.74, 6) is -0.0625. The highest BCUT2D eigenvalue weighted by atomic mass is 19.3. The molecular formula is C24H22F2N2O4. The van der Waals surface area contributed by atoms with Crippen molar-refractivity contribution in [1.29, 1.82) is 0 Å². The second kappa shape index (κ2) is 6.84. The van der Waals surface area contributed by atoms with Crippen LogP contribution in [0.25, 0.3) is 22.0 Å². The quantitative estimate of drug-likeness (QED) is 0.527. The van der Waals surface area contributed by atoms with Crippen molar-refractivity contribution in [3.63, 3.8) is 0 Å². The average Bonchev–Trinajstić information content (AvgIpc) is 3.67. The zero-order valence-corrected chi connectivity index (χ0v) is 17.1. The van der Waals surface area contributed by atoms with E-state index in [9.17, 15) is 23.8 Å². The molecule has 1 aliphatic heterocycles. The van der Waals surface area contributed by atoms with Crippen molar-refractivity contribution in [2.75, 3.05) is 0 Å². The van der Waals surface area contributed by atoms with E-state index in [2.05, 4.69) is 5.32 Å². The Labute approximate surface area is 182 Å². The van der Waals surface area contributed by atoms with Crippen molar-refractivity contribution in [3.05, 3.63) is 63.4 Å². The third-order valence-corrected chi connectivity index (χ3v) is 6.90. The molecule has 6 nitrogen and oxygen atoms in total. The standard InChI is InChI=1S/C24H22F2N2O4/c25-23(26)32-21-15(12-1-6-18-13(9-12)10-27-24(18)7-8-24)4-5-16-19(21)28(14-2-3-14)11-17(20(16)29)22(30)31/h1,4-6,9,11,14,22-23,27,30-31H,2-3,7-8,10H2. The van der Waals surface area contributed by atoms with E-state index in [1.165, 1.54) is 11.8 Å². The summed E-state index contributed by atoms with van der Waals surface area (Å²) >= 11 is 0. The smallest absolute Gasteiger partial charge is 0.387 e. The first-order valence-corrected chi connectivity index (χ1v) is 10.8. The van der Waals surface area contributed by atoms with Crippen LogP contribution in [0.5, 0.6) is 5.75 Å². The summed E-state index contributed by atoms with van der Waals surface area (Å²) in [7, 11) is 0. The minimum atomic E-state index is -3.07. The molecule has 0 saturated heterocycles. The van der Waals surface area contributed by atoms with Gasteiger partial charge in [0.2, 0.25) is 0 Å². The third kappa shape index (κ3) is 2.97. The predicted octanol–water partition coefficient (Wildman–Crippen LogP) is 3.68. The molecule has 1 spiro atoms. The molecule has 0 atom stereocenters. The lowest BCUT2D eigenvalue weighted by atomic mass is 9.95. The lowest BCUT2D eigenvalue weighted by Gasteiger charge is -2.20. The Kier molecular flexibility index (Phi) is 4.24. The Balaban J connectivity index is 1.60. The Morgan fingerprint density at radius 2 is 1.94 bits per heavy atom. The molecule has 2 heterocycles. The van der Waals surface area contributed by atoms with Crippen LogP contribution in [-0.2, 0) is 12.1 Å². The van der Waals surface area contributed by atoms with Crippen molar-refractivity contribution in [2.45, 2.75) is 56.7 Å². The Bertz CT molecular complexity index is 1310. The minimum absolute atomic E-state index is 0.00943. The minimum Gasteiger partial charge on any atom is -0.432 e. The first-order chi connectivity index (χ1) is 15.4. The number of pyridine rings is 1. The molecule has 166 valence electrons. The van der Waals surface area contributed by atoms with E-state index in [1.807, 2.05) is 18.2 Å². The topological polar surface area (TPSA) is 83.7 Å². The molecule has 0 unspecified atom stereocenters. The van der Waals surface area contributed by atoms with Crippen molar-refractivity contribution < 1.29 is 23.7 Å². The monoisotopic (exact) mass is 440 g/mol. The molecular weight excluding hydrogens is 418 g/mol. The Morgan fingerprint density at radius 3 is 2.59 bits per heavy atom. The van der Waals surface area contributed by atoms with E-state index >= 15 is 0 Å². The highest BCUT2D eigenvalue weighted by molar-refractivity contribution is 5.93. The zero-order valence-electron chi connectivity index (χ0n) is 17.1. The molecule has 2 fully saturated rings. The summed E-state index contributed by atoms with van der Waals surface area (Å²) in [5, 5.41) is 23.0. The molecule has 2 aliphatic carbocycles. The van der Waals surface area contributed by atoms with Crippen LogP contribution in [0.4, 0.5) is 8.78 Å². The fraction of sp³-hybridized carbons (Fsp3) is 0.375. The number of hydrogen-bond donors (Lipinski definition) is 3. The predicted molar refractivity (Wildman–Crippen MR) is 113 cm³/mol. The summed E-state index contributed by atoms with van der Waals surface area (Å²) in [6.07, 6.45) is 3.23. The van der Waals surface area contributed by atoms with Crippen LogP contribution >= 0.6 is 0 Å². The lowest BCUT2D eigenvalue weighted by molar-refractivity contribution is -0.0490. The maximum absolute atomic E-state index is 13.5. The number of ether oxygens (including phenoxy) is 1. The number of benzene rings is 2. The van der Waals surface area contributed by atoms with Crippen LogP contribution < -0.4 is 15.5 Å². The molecule has 3 N–H and O–H groups in total. The van der Waals surface area contributed by atoms with Crippen LogP contribution in [0.3, 0.4) is 0 Å². The Morgan fingerprint density at radius 1 is 1.16 bits per heavy atom. The van der Waals surface area contributed by atoms with Gasteiger partial charge in [0.1, 0.15) is 0 Å². The van der Waals surface area contributed by atoms with Gasteiger partial charge in [-0.15, -0.1) is 0 Å². The number of aliphatic hydroxyl groups is 2. The number of fused-ring (bicyclic) bond motifs is 3. The largest absolute Gasteiger partial charge is 0.432 e. The molecule has 32 heavy (non-hydrogen) atoms. The average molecular weight is 440 g/mol. The molecule has 3 aromatic rings. The normalized spacial score (nSPS) is 18.7. The number of hydrogen-bond acceptors (Lipinski definition) is 5. The first kappa shape index (κ1) is 19.8. The van der Waals surface area contributed by atoms with E-state index in [-0.39, 0.29) is 33.8 Å². The second-order valence-corrected chi connectivity index (χ2v) is 8.95. The van der Waals surface area contributed by atoms with Gasteiger partial charge in [0, 0.05) is 35.3 Å². The summed E-state index contributed by atoms with van der Waals surface area (Å²) in [4.78, 5) is 12.9. The van der Waals surface area contributed by atoms with Gasteiger partial charge in [0.15, 0.2) is 17.5 Å². The molecule has 2 saturated carbocycles. The van der Waals surface area contributed by atoms with Gasteiger partial charge in [0.05, 0.1) is 11.1 Å². The molecule has 1 aromatic heterocycles. The highest BCUT2D eigenvalue weighted by Gasteiger charge is 2.48. The Hall–Kier alpha value is -2.81. The second-order valence-electron chi connectivity index (χ2n) is 8.95. The van der Waals surface area contributed by atoms with E-state index in [1.54, 1.807) is 16.7 Å². The van der Waals surface area contributed by atoms with Gasteiger partial charge in [-0.1, -0.05) is 12.1 Å². The SMILES string of the molecule is O=c1c(C(O)O)cn(C2CC2)c2c(OC(F)F)c(-c3ccc4c(c3)CNC43CC3)ccc12. The first-order valence-electron chi connectivity index (χ1n) is 10.8. The van der Waals surface area contributed by atoms with E-state index in [0.29, 0.717) is 5.56 Å². The van der Waals surface area contributed by atoms with Crippen molar-refractivity contribution >= 4 is 10.9 Å². The van der Waals surface area contributed by atoms with Crippen LogP contribution in [0, 0.1) is 0 Å². The lowest BCUT2D eigenvalue weighted by Crippen LogP contribution is -2.19. The van der Waals surface area contributed by atoms with Crippen molar-refractivity contribution in [2.24, 2.45) is 0 Å². The van der Waals surface area contributed by atoms with Gasteiger partial charge >= 0.3 is 6.61 Å². The number of alkyl halides is 2. The molecule has 3 aliphatic rings. The van der Waals surface area contributed by atoms with E-state index in [0.717, 1.165) is 43.4 Å². The number of aliphatic hydroxyl groups excluding tert-OH is 1. The number of nitrogens with zero attached hydrogens (tertiary/aromatic N) is 1. The zero-order chi connectivity index (χ0) is 22.2. The van der Waals surface area contributed by atoms with Crippen molar-refractivity contribution in [1.82, 2.24) is 9.88 Å². The summed E-state index contributed by atoms with van der Waals surface area (Å²) in [6.45, 7) is -2.34. The maximum Gasteiger partial charge on any atom is 0.387 e. The molecule has 0 bridgehead atoms. The molecule has 2 aromatic carbocycles. The maximum atomic E-state index is 13.5. The summed E-state index contributed by atoms with van der Waals surface area (Å²) < 4.78 is 33.8. The number of rotatable bonds is 5. The van der Waals surface area contributed by atoms with Crippen LogP contribution in [-0.4, -0.2) is 21.4 Å². The molecule has 0 amide bonds. The van der Waals surface area contributed by atoms with Gasteiger partial charge < -0.3 is 24.8 Å². The van der Waals surface area contributed by atoms with Crippen LogP contribution in [0.1, 0.15) is 54.7 Å². The van der Waals surface area contributed by atoms with Gasteiger partial charge in [0.25, 0.3) is 0 Å². The van der Waals surface area contributed by atoms with Gasteiger partial charge in [-0.3, -0.25) is 4.79 Å². The molecule has 0 radical (unpaired) electrons. The van der Waals surface area contributed by atoms with E-state index in [4.69, 9.17) is 4.74 Å². The summed E-state index contributed by atoms with van der Waals surface area (Å²) in [6, 6.07) is 9.11. The number of nitrogens with one attached hydrogen (secondary N) is 1. The van der Waals surface area contributed by atoms with Gasteiger partial charge in [-0.2, -0.15) is 8.78 Å². The van der Waals surface area contributed by atoms with Crippen LogP contribution in [0.15, 0.2) is 41.3 Å². The highest BCUT2D eigenvalue weighted by Crippen LogP contribution is 2.51. The van der Waals surface area contributed by atoms with Gasteiger partial charge in [-0.05, 0) is 60.6 Å². The number of aromatic nitrogens is 1. The van der Waals surface area contributed by atoms with Crippen LogP contribution in [0.2, 0.25) is 0 Å². The fourth-order valence-corrected chi connectivity index (χ4v) is 5.00. The fourth-order valence-electron chi connectivity index (χ4n) is 5.00. The van der Waals surface area contributed by atoms with Crippen molar-refractivity contribution in [3.8, 4) is 16.9 Å².